The molecule has 0 unspecified atom stereocenters. The van der Waals surface area contributed by atoms with E-state index in [2.05, 4.69) is 10.3 Å². The normalized spacial score (nSPS) is 10.5. The van der Waals surface area contributed by atoms with E-state index in [0.29, 0.717) is 0 Å². The summed E-state index contributed by atoms with van der Waals surface area (Å²) in [6.45, 7) is 3.81. The summed E-state index contributed by atoms with van der Waals surface area (Å²) in [5.41, 5.74) is 5.05. The number of hydrogen-bond acceptors (Lipinski definition) is 4. The maximum Gasteiger partial charge on any atom is 0.321 e. The summed E-state index contributed by atoms with van der Waals surface area (Å²) >= 11 is 0. The number of hydrogen-bond donors (Lipinski definition) is 3. The summed E-state index contributed by atoms with van der Waals surface area (Å²) in [6.07, 6.45) is 0. The lowest BCUT2D eigenvalue weighted by Gasteiger charge is -2.23. The Morgan fingerprint density at radius 3 is 2.59 bits per heavy atom. The van der Waals surface area contributed by atoms with Gasteiger partial charge in [-0.3, -0.25) is 4.79 Å². The SMILES string of the molecule is CC(C)(CN)NC(=O)c1ccc([N+](=O)[O-])[nH]1.Cl. The third-order valence-electron chi connectivity index (χ3n) is 2.07. The van der Waals surface area contributed by atoms with Crippen molar-refractivity contribution in [3.05, 3.63) is 27.9 Å². The van der Waals surface area contributed by atoms with Crippen LogP contribution < -0.4 is 11.1 Å². The van der Waals surface area contributed by atoms with Crippen molar-refractivity contribution >= 4 is 24.1 Å². The number of aromatic nitrogens is 1. The minimum atomic E-state index is -0.592. The van der Waals surface area contributed by atoms with Crippen molar-refractivity contribution in [2.24, 2.45) is 5.73 Å². The van der Waals surface area contributed by atoms with Crippen LogP contribution in [0.3, 0.4) is 0 Å². The van der Waals surface area contributed by atoms with Gasteiger partial charge in [0.1, 0.15) is 0 Å². The monoisotopic (exact) mass is 262 g/mol. The zero-order chi connectivity index (χ0) is 12.3. The minimum absolute atomic E-state index is 0. The Morgan fingerprint density at radius 1 is 1.59 bits per heavy atom. The first-order chi connectivity index (χ1) is 7.35. The van der Waals surface area contributed by atoms with E-state index in [-0.39, 0.29) is 30.5 Å². The quantitative estimate of drug-likeness (QED) is 0.550. The summed E-state index contributed by atoms with van der Waals surface area (Å²) in [4.78, 5) is 23.9. The third kappa shape index (κ3) is 4.04. The molecule has 7 nitrogen and oxygen atoms in total. The van der Waals surface area contributed by atoms with Crippen molar-refractivity contribution in [1.82, 2.24) is 10.3 Å². The molecular weight excluding hydrogens is 248 g/mol. The molecule has 0 aliphatic carbocycles. The van der Waals surface area contributed by atoms with Crippen LogP contribution in [-0.2, 0) is 0 Å². The molecule has 0 aromatic carbocycles. The zero-order valence-electron chi connectivity index (χ0n) is 9.52. The van der Waals surface area contributed by atoms with E-state index >= 15 is 0 Å². The predicted molar refractivity (Wildman–Crippen MR) is 65.3 cm³/mol. The molecule has 0 atom stereocenters. The minimum Gasteiger partial charge on any atom is -0.358 e. The molecule has 0 aliphatic heterocycles. The van der Waals surface area contributed by atoms with Gasteiger partial charge in [0.25, 0.3) is 5.91 Å². The van der Waals surface area contributed by atoms with Gasteiger partial charge >= 0.3 is 5.82 Å². The predicted octanol–water partition coefficient (Wildman–Crippen LogP) is 0.812. The molecule has 17 heavy (non-hydrogen) atoms. The highest BCUT2D eigenvalue weighted by molar-refractivity contribution is 5.93. The molecule has 0 radical (unpaired) electrons. The van der Waals surface area contributed by atoms with Gasteiger partial charge < -0.3 is 21.2 Å². The fourth-order valence-corrected chi connectivity index (χ4v) is 1.05. The number of nitro groups is 1. The molecule has 0 bridgehead atoms. The Morgan fingerprint density at radius 2 is 2.18 bits per heavy atom. The summed E-state index contributed by atoms with van der Waals surface area (Å²) in [6, 6.07) is 2.60. The van der Waals surface area contributed by atoms with Crippen molar-refractivity contribution in [3.8, 4) is 0 Å². The largest absolute Gasteiger partial charge is 0.358 e. The van der Waals surface area contributed by atoms with Gasteiger partial charge in [-0.25, -0.2) is 4.98 Å². The molecule has 1 heterocycles. The Balaban J connectivity index is 0.00000256. The summed E-state index contributed by atoms with van der Waals surface area (Å²) in [5.74, 6) is -0.626. The number of aromatic amines is 1. The van der Waals surface area contributed by atoms with Gasteiger partial charge in [-0.05, 0) is 24.8 Å². The lowest BCUT2D eigenvalue weighted by molar-refractivity contribution is -0.389. The molecule has 0 fully saturated rings. The van der Waals surface area contributed by atoms with Crippen molar-refractivity contribution in [3.63, 3.8) is 0 Å². The maximum absolute atomic E-state index is 11.6. The second-order valence-electron chi connectivity index (χ2n) is 4.06. The number of nitrogens with one attached hydrogen (secondary N) is 2. The number of amides is 1. The third-order valence-corrected chi connectivity index (χ3v) is 2.07. The van der Waals surface area contributed by atoms with Crippen LogP contribution in [0.25, 0.3) is 0 Å². The van der Waals surface area contributed by atoms with Gasteiger partial charge in [-0.15, -0.1) is 12.4 Å². The van der Waals surface area contributed by atoms with E-state index in [1.165, 1.54) is 12.1 Å². The smallest absolute Gasteiger partial charge is 0.321 e. The van der Waals surface area contributed by atoms with Crippen molar-refractivity contribution in [2.75, 3.05) is 6.54 Å². The maximum atomic E-state index is 11.6. The molecule has 0 aliphatic rings. The van der Waals surface area contributed by atoms with Crippen LogP contribution in [0.5, 0.6) is 0 Å². The van der Waals surface area contributed by atoms with Crippen molar-refractivity contribution in [2.45, 2.75) is 19.4 Å². The molecule has 0 spiro atoms. The highest BCUT2D eigenvalue weighted by atomic mass is 35.5. The Hall–Kier alpha value is -1.60. The summed E-state index contributed by atoms with van der Waals surface area (Å²) < 4.78 is 0. The Kier molecular flexibility index (Phi) is 5.11. The number of carbonyl (C=O) groups is 1. The molecule has 8 heteroatoms. The second-order valence-corrected chi connectivity index (χ2v) is 4.06. The molecule has 1 aromatic rings. The topological polar surface area (TPSA) is 114 Å². The van der Waals surface area contributed by atoms with E-state index in [4.69, 9.17) is 5.73 Å². The van der Waals surface area contributed by atoms with Crippen LogP contribution in [0.4, 0.5) is 5.82 Å². The number of H-pyrrole nitrogens is 1. The highest BCUT2D eigenvalue weighted by Gasteiger charge is 2.22. The molecular formula is C9H15ClN4O3. The molecule has 96 valence electrons. The molecule has 1 aromatic heterocycles. The van der Waals surface area contributed by atoms with Crippen LogP contribution in [0.2, 0.25) is 0 Å². The van der Waals surface area contributed by atoms with Gasteiger partial charge in [-0.1, -0.05) is 0 Å². The van der Waals surface area contributed by atoms with Gasteiger partial charge in [0, 0.05) is 18.2 Å². The Labute approximate surface area is 104 Å². The van der Waals surface area contributed by atoms with Crippen LogP contribution >= 0.6 is 12.4 Å². The van der Waals surface area contributed by atoms with E-state index in [1.807, 2.05) is 0 Å². The molecule has 0 saturated carbocycles. The van der Waals surface area contributed by atoms with E-state index < -0.39 is 16.4 Å². The summed E-state index contributed by atoms with van der Waals surface area (Å²) in [7, 11) is 0. The standard InChI is InChI=1S/C9H14N4O3.ClH/c1-9(2,5-10)12-8(14)6-3-4-7(11-6)13(15)16;/h3-4,11H,5,10H2,1-2H3,(H,12,14);1H. The van der Waals surface area contributed by atoms with Gasteiger partial charge in [0.15, 0.2) is 5.69 Å². The molecule has 0 saturated heterocycles. The molecule has 1 rings (SSSR count). The fraction of sp³-hybridized carbons (Fsp3) is 0.444. The fourth-order valence-electron chi connectivity index (χ4n) is 1.05. The van der Waals surface area contributed by atoms with Gasteiger partial charge in [0.05, 0.1) is 0 Å². The molecule has 1 amide bonds. The number of halogens is 1. The lowest BCUT2D eigenvalue weighted by atomic mass is 10.1. The number of nitrogens with zero attached hydrogens (tertiary/aromatic N) is 1. The van der Waals surface area contributed by atoms with Gasteiger partial charge in [-0.2, -0.15) is 0 Å². The first-order valence-corrected chi connectivity index (χ1v) is 4.72. The highest BCUT2D eigenvalue weighted by Crippen LogP contribution is 2.10. The molecule has 4 N–H and O–H groups in total. The van der Waals surface area contributed by atoms with Crippen LogP contribution in [0.15, 0.2) is 12.1 Å². The first-order valence-electron chi connectivity index (χ1n) is 4.72. The van der Waals surface area contributed by atoms with Crippen LogP contribution in [0.1, 0.15) is 24.3 Å². The number of rotatable bonds is 4. The number of nitrogens with two attached hydrogens (primary N) is 1. The van der Waals surface area contributed by atoms with Crippen LogP contribution in [-0.4, -0.2) is 27.9 Å². The van der Waals surface area contributed by atoms with E-state index in [1.54, 1.807) is 13.8 Å². The lowest BCUT2D eigenvalue weighted by Crippen LogP contribution is -2.48. The van der Waals surface area contributed by atoms with E-state index in [9.17, 15) is 14.9 Å². The van der Waals surface area contributed by atoms with E-state index in [0.717, 1.165) is 0 Å². The van der Waals surface area contributed by atoms with Crippen LogP contribution in [0, 0.1) is 10.1 Å². The zero-order valence-corrected chi connectivity index (χ0v) is 10.3. The second kappa shape index (κ2) is 5.65. The Bertz CT molecular complexity index is 416. The van der Waals surface area contributed by atoms with Gasteiger partial charge in [0.2, 0.25) is 0 Å². The van der Waals surface area contributed by atoms with Crippen molar-refractivity contribution < 1.29 is 9.72 Å². The average Bonchev–Trinajstić information content (AvgIpc) is 2.66. The van der Waals surface area contributed by atoms with Crippen molar-refractivity contribution in [1.29, 1.82) is 0 Å². The first kappa shape index (κ1) is 15.4. The average molecular weight is 263 g/mol. The number of carbonyl (C=O) groups excluding carboxylic acids is 1. The summed E-state index contributed by atoms with van der Waals surface area (Å²) in [5, 5.41) is 13.1.